The fourth-order valence-corrected chi connectivity index (χ4v) is 1.78. The molecule has 2 rings (SSSR count). The molecule has 3 nitrogen and oxygen atoms in total. The Bertz CT molecular complexity index is 520. The molecule has 15 heavy (non-hydrogen) atoms. The van der Waals surface area contributed by atoms with E-state index in [9.17, 15) is 4.79 Å². The lowest BCUT2D eigenvalue weighted by Crippen LogP contribution is -2.16. The van der Waals surface area contributed by atoms with E-state index in [0.717, 1.165) is 16.3 Å². The van der Waals surface area contributed by atoms with Crippen molar-refractivity contribution in [3.8, 4) is 0 Å². The van der Waals surface area contributed by atoms with Gasteiger partial charge in [-0.2, -0.15) is 0 Å². The van der Waals surface area contributed by atoms with Gasteiger partial charge < -0.3 is 11.5 Å². The predicted molar refractivity (Wildman–Crippen MR) is 60.4 cm³/mol. The van der Waals surface area contributed by atoms with Crippen LogP contribution < -0.4 is 11.5 Å². The lowest BCUT2D eigenvalue weighted by Gasteiger charge is -2.08. The monoisotopic (exact) mass is 200 g/mol. The first-order chi connectivity index (χ1) is 7.24. The van der Waals surface area contributed by atoms with Crippen molar-refractivity contribution in [2.24, 2.45) is 11.5 Å². The molecule has 2 aromatic carbocycles. The molecule has 0 aliphatic carbocycles. The molecule has 0 heterocycles. The van der Waals surface area contributed by atoms with Crippen molar-refractivity contribution in [3.05, 3.63) is 47.5 Å². The van der Waals surface area contributed by atoms with E-state index in [-0.39, 0.29) is 0 Å². The number of carbonyl (C=O) groups excluding carboxylic acids is 1. The van der Waals surface area contributed by atoms with Gasteiger partial charge in [-0.05, 0) is 16.3 Å². The van der Waals surface area contributed by atoms with E-state index in [0.29, 0.717) is 12.1 Å². The van der Waals surface area contributed by atoms with Crippen molar-refractivity contribution in [2.75, 3.05) is 0 Å². The summed E-state index contributed by atoms with van der Waals surface area (Å²) in [5.74, 6) is -0.424. The van der Waals surface area contributed by atoms with Gasteiger partial charge in [-0.15, -0.1) is 0 Å². The van der Waals surface area contributed by atoms with Crippen LogP contribution in [0.3, 0.4) is 0 Å². The maximum absolute atomic E-state index is 11.4. The first-order valence-electron chi connectivity index (χ1n) is 4.74. The van der Waals surface area contributed by atoms with Crippen LogP contribution in [0.15, 0.2) is 36.4 Å². The summed E-state index contributed by atoms with van der Waals surface area (Å²) >= 11 is 0. The number of amides is 1. The average Bonchev–Trinajstić information content (AvgIpc) is 2.27. The van der Waals surface area contributed by atoms with Gasteiger partial charge in [-0.3, -0.25) is 4.79 Å². The molecule has 0 radical (unpaired) electrons. The van der Waals surface area contributed by atoms with Crippen LogP contribution in [0, 0.1) is 0 Å². The molecule has 1 amide bonds. The Hall–Kier alpha value is -1.87. The largest absolute Gasteiger partial charge is 0.366 e. The predicted octanol–water partition coefficient (Wildman–Crippen LogP) is 1.40. The highest BCUT2D eigenvalue weighted by molar-refractivity contribution is 6.07. The van der Waals surface area contributed by atoms with Crippen molar-refractivity contribution in [3.63, 3.8) is 0 Å². The van der Waals surface area contributed by atoms with Gasteiger partial charge in [0, 0.05) is 6.54 Å². The maximum atomic E-state index is 11.4. The standard InChI is InChI=1S/C12H12N2O/c13-7-9-6-5-8-3-1-2-4-10(8)11(9)12(14)15/h1-6H,7,13H2,(H2,14,15). The van der Waals surface area contributed by atoms with E-state index in [2.05, 4.69) is 0 Å². The smallest absolute Gasteiger partial charge is 0.249 e. The summed E-state index contributed by atoms with van der Waals surface area (Å²) in [6.45, 7) is 0.323. The zero-order valence-corrected chi connectivity index (χ0v) is 8.23. The SMILES string of the molecule is NCc1ccc2ccccc2c1C(N)=O. The lowest BCUT2D eigenvalue weighted by molar-refractivity contribution is 0.100. The van der Waals surface area contributed by atoms with E-state index in [4.69, 9.17) is 11.5 Å². The van der Waals surface area contributed by atoms with E-state index >= 15 is 0 Å². The van der Waals surface area contributed by atoms with Crippen LogP contribution in [0.2, 0.25) is 0 Å². The molecule has 0 spiro atoms. The van der Waals surface area contributed by atoms with E-state index < -0.39 is 5.91 Å². The molecule has 0 atom stereocenters. The summed E-state index contributed by atoms with van der Waals surface area (Å²) in [5, 5.41) is 1.87. The first kappa shape index (κ1) is 9.68. The zero-order chi connectivity index (χ0) is 10.8. The third-order valence-corrected chi connectivity index (χ3v) is 2.48. The van der Waals surface area contributed by atoms with Gasteiger partial charge in [0.1, 0.15) is 0 Å². The molecule has 0 bridgehead atoms. The van der Waals surface area contributed by atoms with E-state index in [1.165, 1.54) is 0 Å². The van der Waals surface area contributed by atoms with Crippen LogP contribution in [0.4, 0.5) is 0 Å². The molecule has 0 fully saturated rings. The first-order valence-corrected chi connectivity index (χ1v) is 4.74. The molecule has 2 aromatic rings. The van der Waals surface area contributed by atoms with Gasteiger partial charge in [0.15, 0.2) is 0 Å². The van der Waals surface area contributed by atoms with Crippen LogP contribution in [-0.2, 0) is 6.54 Å². The van der Waals surface area contributed by atoms with Crippen molar-refractivity contribution in [1.82, 2.24) is 0 Å². The van der Waals surface area contributed by atoms with Gasteiger partial charge in [-0.25, -0.2) is 0 Å². The van der Waals surface area contributed by atoms with Gasteiger partial charge in [0.2, 0.25) is 5.91 Å². The summed E-state index contributed by atoms with van der Waals surface area (Å²) in [4.78, 5) is 11.4. The minimum atomic E-state index is -0.424. The number of fused-ring (bicyclic) bond motifs is 1. The summed E-state index contributed by atoms with van der Waals surface area (Å²) in [6.07, 6.45) is 0. The highest BCUT2D eigenvalue weighted by Crippen LogP contribution is 2.21. The highest BCUT2D eigenvalue weighted by Gasteiger charge is 2.10. The molecule has 0 saturated carbocycles. The summed E-state index contributed by atoms with van der Waals surface area (Å²) in [6, 6.07) is 11.4. The van der Waals surface area contributed by atoms with Crippen molar-refractivity contribution >= 4 is 16.7 Å². The molecule has 0 aliphatic rings. The van der Waals surface area contributed by atoms with Gasteiger partial charge in [0.25, 0.3) is 0 Å². The van der Waals surface area contributed by atoms with E-state index in [1.54, 1.807) is 0 Å². The Morgan fingerprint density at radius 1 is 1.13 bits per heavy atom. The van der Waals surface area contributed by atoms with Crippen LogP contribution in [0.25, 0.3) is 10.8 Å². The molecular formula is C12H12N2O. The van der Waals surface area contributed by atoms with Crippen LogP contribution in [0.1, 0.15) is 15.9 Å². The zero-order valence-electron chi connectivity index (χ0n) is 8.23. The number of hydrogen-bond donors (Lipinski definition) is 2. The van der Waals surface area contributed by atoms with Crippen LogP contribution >= 0.6 is 0 Å². The number of primary amides is 1. The number of nitrogens with two attached hydrogens (primary N) is 2. The molecule has 4 N–H and O–H groups in total. The number of hydrogen-bond acceptors (Lipinski definition) is 2. The Morgan fingerprint density at radius 2 is 1.87 bits per heavy atom. The summed E-state index contributed by atoms with van der Waals surface area (Å²) in [5.41, 5.74) is 12.3. The second-order valence-corrected chi connectivity index (χ2v) is 3.39. The van der Waals surface area contributed by atoms with Crippen molar-refractivity contribution in [2.45, 2.75) is 6.54 Å². The van der Waals surface area contributed by atoms with Crippen LogP contribution in [-0.4, -0.2) is 5.91 Å². The molecule has 0 aliphatic heterocycles. The Kier molecular flexibility index (Phi) is 2.39. The Labute approximate surface area is 87.7 Å². The highest BCUT2D eigenvalue weighted by atomic mass is 16.1. The Balaban J connectivity index is 2.85. The third kappa shape index (κ3) is 1.57. The molecule has 0 saturated heterocycles. The molecule has 3 heteroatoms. The van der Waals surface area contributed by atoms with Crippen molar-refractivity contribution < 1.29 is 4.79 Å². The summed E-state index contributed by atoms with van der Waals surface area (Å²) in [7, 11) is 0. The number of benzene rings is 2. The summed E-state index contributed by atoms with van der Waals surface area (Å²) < 4.78 is 0. The second kappa shape index (κ2) is 3.71. The van der Waals surface area contributed by atoms with Crippen molar-refractivity contribution in [1.29, 1.82) is 0 Å². The molecule has 0 aromatic heterocycles. The third-order valence-electron chi connectivity index (χ3n) is 2.48. The fourth-order valence-electron chi connectivity index (χ4n) is 1.78. The van der Waals surface area contributed by atoms with Crippen LogP contribution in [0.5, 0.6) is 0 Å². The number of carbonyl (C=O) groups is 1. The molecular weight excluding hydrogens is 188 g/mol. The average molecular weight is 200 g/mol. The minimum absolute atomic E-state index is 0.323. The normalized spacial score (nSPS) is 10.5. The molecule has 0 unspecified atom stereocenters. The Morgan fingerprint density at radius 3 is 2.53 bits per heavy atom. The van der Waals surface area contributed by atoms with Gasteiger partial charge >= 0.3 is 0 Å². The topological polar surface area (TPSA) is 69.1 Å². The second-order valence-electron chi connectivity index (χ2n) is 3.39. The maximum Gasteiger partial charge on any atom is 0.249 e. The van der Waals surface area contributed by atoms with E-state index in [1.807, 2.05) is 36.4 Å². The fraction of sp³-hybridized carbons (Fsp3) is 0.0833. The molecule has 76 valence electrons. The lowest BCUT2D eigenvalue weighted by atomic mass is 9.98. The van der Waals surface area contributed by atoms with Gasteiger partial charge in [0.05, 0.1) is 5.56 Å². The minimum Gasteiger partial charge on any atom is -0.366 e. The quantitative estimate of drug-likeness (QED) is 0.769. The number of rotatable bonds is 2. The van der Waals surface area contributed by atoms with Gasteiger partial charge in [-0.1, -0.05) is 36.4 Å².